The average molecular weight is 373 g/mol. The highest BCUT2D eigenvalue weighted by Crippen LogP contribution is 2.46. The number of morpholine rings is 1. The lowest BCUT2D eigenvalue weighted by molar-refractivity contribution is 0.0303. The number of hydrogen-bond donors (Lipinski definition) is 0. The van der Waals surface area contributed by atoms with Crippen LogP contribution in [0, 0.1) is 0 Å². The summed E-state index contributed by atoms with van der Waals surface area (Å²) in [7, 11) is 0. The fourth-order valence-electron chi connectivity index (χ4n) is 2.03. The number of halogens is 1. The number of hydrogen-bond acceptors (Lipinski definition) is 4. The quantitative estimate of drug-likeness (QED) is 0.803. The van der Waals surface area contributed by atoms with Crippen LogP contribution in [0.25, 0.3) is 10.4 Å². The zero-order chi connectivity index (χ0) is 14.1. The average Bonchev–Trinajstić information content (AvgIpc) is 3.10. The molecule has 1 aliphatic rings. The molecule has 0 aromatic carbocycles. The van der Waals surface area contributed by atoms with Crippen LogP contribution in [0.4, 0.5) is 0 Å². The molecule has 0 N–H and O–H groups in total. The van der Waals surface area contributed by atoms with Crippen LogP contribution in [0.3, 0.4) is 0 Å². The number of ether oxygens (including phenoxy) is 1. The van der Waals surface area contributed by atoms with Gasteiger partial charge < -0.3 is 9.64 Å². The third-order valence-corrected chi connectivity index (χ3v) is 6.00. The van der Waals surface area contributed by atoms with Crippen molar-refractivity contribution in [1.29, 1.82) is 0 Å². The highest BCUT2D eigenvalue weighted by atomic mass is 79.9. The number of carbonyl (C=O) groups excluding carboxylic acids is 1. The fourth-order valence-corrected chi connectivity index (χ4v) is 4.59. The van der Waals surface area contributed by atoms with Gasteiger partial charge in [0.2, 0.25) is 5.75 Å². The van der Waals surface area contributed by atoms with Gasteiger partial charge in [-0.05, 0) is 32.8 Å². The monoisotopic (exact) mass is 372 g/mol. The maximum absolute atomic E-state index is 12.4. The van der Waals surface area contributed by atoms with Crippen molar-refractivity contribution in [1.82, 2.24) is 4.90 Å². The zero-order valence-electron chi connectivity index (χ0n) is 10.4. The number of carbonyl (C=O) groups is 1. The molecule has 20 heavy (non-hydrogen) atoms. The molecule has 1 saturated heterocycles. The summed E-state index contributed by atoms with van der Waals surface area (Å²) in [6.45, 7) is 2.15. The minimum atomic E-state index is -0.215. The summed E-state index contributed by atoms with van der Waals surface area (Å²) in [4.78, 5) is 15.2. The van der Waals surface area contributed by atoms with Gasteiger partial charge in [-0.2, -0.15) is 11.3 Å². The van der Waals surface area contributed by atoms with E-state index in [1.165, 1.54) is 11.3 Å². The molecule has 1 fully saturated rings. The van der Waals surface area contributed by atoms with E-state index in [4.69, 9.17) is 4.74 Å². The predicted molar refractivity (Wildman–Crippen MR) is 82.2 cm³/mol. The number of nitrogens with zero attached hydrogens (tertiary/aromatic N) is 1. The minimum absolute atomic E-state index is 0.189. The maximum Gasteiger partial charge on any atom is 0.268 e. The largest absolute Gasteiger partial charge is 0.378 e. The molecule has 0 saturated carbocycles. The lowest BCUT2D eigenvalue weighted by Crippen LogP contribution is -2.40. The van der Waals surface area contributed by atoms with E-state index >= 15 is 0 Å². The normalized spacial score (nSPS) is 15.6. The summed E-state index contributed by atoms with van der Waals surface area (Å²) in [5, 5.41) is 16.2. The van der Waals surface area contributed by atoms with Crippen molar-refractivity contribution in [2.45, 2.75) is 0 Å². The Morgan fingerprint density at radius 2 is 2.10 bits per heavy atom. The molecule has 1 radical (unpaired) electrons. The summed E-state index contributed by atoms with van der Waals surface area (Å²) >= 11 is 6.15. The first-order valence-electron chi connectivity index (χ1n) is 6.07. The van der Waals surface area contributed by atoms with Crippen LogP contribution >= 0.6 is 38.6 Å². The van der Waals surface area contributed by atoms with Crippen molar-refractivity contribution in [3.63, 3.8) is 0 Å². The molecule has 0 unspecified atom stereocenters. The van der Waals surface area contributed by atoms with Gasteiger partial charge in [0, 0.05) is 18.7 Å². The first kappa shape index (κ1) is 14.1. The van der Waals surface area contributed by atoms with Gasteiger partial charge in [0.25, 0.3) is 5.91 Å². The van der Waals surface area contributed by atoms with Gasteiger partial charge in [-0.25, -0.2) is 0 Å². The zero-order valence-corrected chi connectivity index (χ0v) is 13.6. The summed E-state index contributed by atoms with van der Waals surface area (Å²) in [6.07, 6.45) is 0. The summed E-state index contributed by atoms with van der Waals surface area (Å²) in [5.41, 5.74) is 0.977. The van der Waals surface area contributed by atoms with E-state index < -0.39 is 0 Å². The van der Waals surface area contributed by atoms with Crippen LogP contribution < -0.4 is 0 Å². The molecule has 2 aromatic heterocycles. The number of amides is 1. The molecule has 0 aliphatic carbocycles. The summed E-state index contributed by atoms with van der Waals surface area (Å²) in [5.74, 6) is -0.404. The van der Waals surface area contributed by atoms with E-state index in [1.807, 2.05) is 16.8 Å². The van der Waals surface area contributed by atoms with Crippen molar-refractivity contribution in [3.8, 4) is 16.2 Å². The van der Waals surface area contributed by atoms with Crippen molar-refractivity contribution in [2.24, 2.45) is 0 Å². The Morgan fingerprint density at radius 3 is 2.75 bits per heavy atom. The smallest absolute Gasteiger partial charge is 0.268 e. The van der Waals surface area contributed by atoms with Gasteiger partial charge in [0.1, 0.15) is 4.88 Å². The Hall–Kier alpha value is -0.890. The van der Waals surface area contributed by atoms with Crippen molar-refractivity contribution in [3.05, 3.63) is 26.2 Å². The second kappa shape index (κ2) is 5.85. The van der Waals surface area contributed by atoms with Gasteiger partial charge in [-0.1, -0.05) is 0 Å². The number of rotatable bonds is 2. The minimum Gasteiger partial charge on any atom is -0.378 e. The van der Waals surface area contributed by atoms with Gasteiger partial charge in [0.15, 0.2) is 0 Å². The lowest BCUT2D eigenvalue weighted by Gasteiger charge is -2.26. The van der Waals surface area contributed by atoms with Gasteiger partial charge in [-0.3, -0.25) is 9.90 Å². The third-order valence-electron chi connectivity index (χ3n) is 3.08. The molecule has 3 heterocycles. The van der Waals surface area contributed by atoms with Crippen LogP contribution in [0.1, 0.15) is 9.67 Å². The Bertz CT molecular complexity index is 618. The van der Waals surface area contributed by atoms with E-state index in [0.29, 0.717) is 30.8 Å². The SMILES string of the molecule is [O]c1c(C(=O)N2CCOCC2)sc(-c2ccsc2)c1Br. The first-order chi connectivity index (χ1) is 9.68. The van der Waals surface area contributed by atoms with Crippen molar-refractivity contribution < 1.29 is 14.6 Å². The Labute approximate surface area is 132 Å². The molecule has 4 nitrogen and oxygen atoms in total. The third kappa shape index (κ3) is 2.50. The first-order valence-corrected chi connectivity index (χ1v) is 8.62. The van der Waals surface area contributed by atoms with E-state index in [-0.39, 0.29) is 16.5 Å². The molecular formula is C13H11BrNO3S2. The molecule has 0 spiro atoms. The number of thiophene rings is 2. The van der Waals surface area contributed by atoms with E-state index in [1.54, 1.807) is 16.2 Å². The molecule has 0 bridgehead atoms. The maximum atomic E-state index is 12.4. The molecule has 1 aliphatic heterocycles. The molecule has 2 aromatic rings. The van der Waals surface area contributed by atoms with E-state index in [9.17, 15) is 9.90 Å². The van der Waals surface area contributed by atoms with Crippen LogP contribution in [-0.2, 0) is 9.84 Å². The van der Waals surface area contributed by atoms with Crippen LogP contribution in [0.15, 0.2) is 21.3 Å². The predicted octanol–water partition coefficient (Wildman–Crippen LogP) is 3.86. The van der Waals surface area contributed by atoms with Gasteiger partial charge >= 0.3 is 0 Å². The van der Waals surface area contributed by atoms with Gasteiger partial charge in [0.05, 0.1) is 22.6 Å². The molecule has 105 valence electrons. The Kier molecular flexibility index (Phi) is 4.11. The summed E-state index contributed by atoms with van der Waals surface area (Å²) < 4.78 is 5.71. The standard InChI is InChI=1S/C13H11BrNO3S2/c14-9-10(16)12(13(17)15-2-4-18-5-3-15)20-11(9)8-1-6-19-7-8/h1,6-7H,2-5H2. The van der Waals surface area contributed by atoms with Crippen LogP contribution in [0.2, 0.25) is 0 Å². The highest BCUT2D eigenvalue weighted by molar-refractivity contribution is 9.10. The lowest BCUT2D eigenvalue weighted by atomic mass is 10.2. The van der Waals surface area contributed by atoms with E-state index in [0.717, 1.165) is 10.4 Å². The van der Waals surface area contributed by atoms with Crippen LogP contribution in [0.5, 0.6) is 5.75 Å². The summed E-state index contributed by atoms with van der Waals surface area (Å²) in [6, 6.07) is 1.95. The molecule has 3 rings (SSSR count). The van der Waals surface area contributed by atoms with Gasteiger partial charge in [-0.15, -0.1) is 11.3 Å². The molecular weight excluding hydrogens is 362 g/mol. The van der Waals surface area contributed by atoms with Crippen LogP contribution in [-0.4, -0.2) is 37.1 Å². The highest BCUT2D eigenvalue weighted by Gasteiger charge is 2.28. The second-order valence-electron chi connectivity index (χ2n) is 4.32. The van der Waals surface area contributed by atoms with E-state index in [2.05, 4.69) is 15.9 Å². The van der Waals surface area contributed by atoms with Crippen molar-refractivity contribution >= 4 is 44.5 Å². The Morgan fingerprint density at radius 1 is 1.35 bits per heavy atom. The molecule has 1 amide bonds. The topological polar surface area (TPSA) is 49.4 Å². The Balaban J connectivity index is 1.94. The van der Waals surface area contributed by atoms with Crippen molar-refractivity contribution in [2.75, 3.05) is 26.3 Å². The fraction of sp³-hybridized carbons (Fsp3) is 0.308. The molecule has 0 atom stereocenters. The second-order valence-corrected chi connectivity index (χ2v) is 6.91. The molecule has 7 heteroatoms.